The molecule has 4 heteroatoms. The van der Waals surface area contributed by atoms with Gasteiger partial charge in [0.2, 0.25) is 0 Å². The highest BCUT2D eigenvalue weighted by molar-refractivity contribution is 5.54. The first-order valence-corrected chi connectivity index (χ1v) is 5.86. The molecule has 0 bridgehead atoms. The third-order valence-corrected chi connectivity index (χ3v) is 2.84. The molecule has 0 saturated carbocycles. The van der Waals surface area contributed by atoms with Gasteiger partial charge in [0.25, 0.3) is 5.56 Å². The quantitative estimate of drug-likeness (QED) is 0.885. The zero-order valence-corrected chi connectivity index (χ0v) is 10.6. The summed E-state index contributed by atoms with van der Waals surface area (Å²) in [5.41, 5.74) is 1.98. The molecule has 94 valence electrons. The number of nitrogens with zero attached hydrogens (tertiary/aromatic N) is 1. The molecule has 1 aromatic heterocycles. The van der Waals surface area contributed by atoms with E-state index in [2.05, 4.69) is 9.97 Å². The maximum Gasteiger partial charge on any atom is 0.254 e. The lowest BCUT2D eigenvalue weighted by Crippen LogP contribution is -2.18. The van der Waals surface area contributed by atoms with Gasteiger partial charge in [0.05, 0.1) is 0 Å². The Bertz CT molecular complexity index is 615. The van der Waals surface area contributed by atoms with Crippen LogP contribution in [0.1, 0.15) is 31.0 Å². The summed E-state index contributed by atoms with van der Waals surface area (Å²) in [6, 6.07) is 5.90. The Morgan fingerprint density at radius 3 is 2.33 bits per heavy atom. The van der Waals surface area contributed by atoms with Gasteiger partial charge in [-0.3, -0.25) is 4.79 Å². The van der Waals surface area contributed by atoms with E-state index in [0.29, 0.717) is 22.6 Å². The van der Waals surface area contributed by atoms with E-state index in [1.54, 1.807) is 12.1 Å². The molecule has 2 aromatic rings. The molecule has 1 N–H and O–H groups in total. The summed E-state index contributed by atoms with van der Waals surface area (Å²) in [5.74, 6) is 0.294. The fourth-order valence-electron chi connectivity index (χ4n) is 2.02. The molecule has 3 nitrogen and oxygen atoms in total. The average molecular weight is 246 g/mol. The van der Waals surface area contributed by atoms with Crippen molar-refractivity contribution in [2.24, 2.45) is 0 Å². The zero-order chi connectivity index (χ0) is 13.3. The van der Waals surface area contributed by atoms with Crippen LogP contribution in [0, 0.1) is 12.7 Å². The van der Waals surface area contributed by atoms with Crippen molar-refractivity contribution in [3.05, 3.63) is 51.7 Å². The Morgan fingerprint density at radius 1 is 1.22 bits per heavy atom. The number of H-pyrrole nitrogens is 1. The van der Waals surface area contributed by atoms with Crippen molar-refractivity contribution < 1.29 is 4.39 Å². The number of hydrogen-bond donors (Lipinski definition) is 1. The van der Waals surface area contributed by atoms with Gasteiger partial charge < -0.3 is 4.98 Å². The van der Waals surface area contributed by atoms with E-state index in [4.69, 9.17) is 0 Å². The van der Waals surface area contributed by atoms with E-state index in [-0.39, 0.29) is 17.3 Å². The minimum Gasteiger partial charge on any atom is -0.306 e. The Labute approximate surface area is 105 Å². The van der Waals surface area contributed by atoms with Gasteiger partial charge in [0.15, 0.2) is 0 Å². The smallest absolute Gasteiger partial charge is 0.254 e. The van der Waals surface area contributed by atoms with Gasteiger partial charge in [-0.2, -0.15) is 0 Å². The number of aromatic nitrogens is 2. The van der Waals surface area contributed by atoms with E-state index in [9.17, 15) is 9.18 Å². The van der Waals surface area contributed by atoms with Crippen molar-refractivity contribution in [2.75, 3.05) is 0 Å². The Hall–Kier alpha value is -1.97. The molecule has 0 spiro atoms. The van der Waals surface area contributed by atoms with E-state index in [1.165, 1.54) is 12.1 Å². The molecule has 0 unspecified atom stereocenters. The van der Waals surface area contributed by atoms with Gasteiger partial charge in [-0.25, -0.2) is 9.37 Å². The largest absolute Gasteiger partial charge is 0.306 e. The van der Waals surface area contributed by atoms with Crippen LogP contribution in [0.4, 0.5) is 4.39 Å². The first kappa shape index (κ1) is 12.5. The third kappa shape index (κ3) is 2.32. The highest BCUT2D eigenvalue weighted by Crippen LogP contribution is 2.18. The molecule has 0 saturated heterocycles. The lowest BCUT2D eigenvalue weighted by Gasteiger charge is -2.09. The van der Waals surface area contributed by atoms with Crippen LogP contribution in [0.3, 0.4) is 0 Å². The molecule has 1 heterocycles. The Morgan fingerprint density at radius 2 is 1.83 bits per heavy atom. The topological polar surface area (TPSA) is 45.8 Å². The molecule has 1 aromatic carbocycles. The van der Waals surface area contributed by atoms with E-state index in [0.717, 1.165) is 0 Å². The Balaban J connectivity index is 2.55. The summed E-state index contributed by atoms with van der Waals surface area (Å²) in [7, 11) is 0. The van der Waals surface area contributed by atoms with Gasteiger partial charge in [-0.1, -0.05) is 13.8 Å². The van der Waals surface area contributed by atoms with E-state index >= 15 is 0 Å². The van der Waals surface area contributed by atoms with Crippen molar-refractivity contribution in [1.29, 1.82) is 0 Å². The van der Waals surface area contributed by atoms with Gasteiger partial charge >= 0.3 is 0 Å². The number of benzene rings is 1. The highest BCUT2D eigenvalue weighted by Gasteiger charge is 2.12. The fourth-order valence-corrected chi connectivity index (χ4v) is 2.02. The summed E-state index contributed by atoms with van der Waals surface area (Å²) >= 11 is 0. The molecule has 0 amide bonds. The SMILES string of the molecule is Cc1nc(-c2ccc(F)cc2)[nH]c(=O)c1C(C)C. The first-order chi connectivity index (χ1) is 8.49. The van der Waals surface area contributed by atoms with Gasteiger partial charge in [-0.05, 0) is 37.1 Å². The third-order valence-electron chi connectivity index (χ3n) is 2.84. The standard InChI is InChI=1S/C14H15FN2O/c1-8(2)12-9(3)16-13(17-14(12)18)10-4-6-11(15)7-5-10/h4-8H,1-3H3,(H,16,17,18). The van der Waals surface area contributed by atoms with Crippen molar-refractivity contribution in [2.45, 2.75) is 26.7 Å². The van der Waals surface area contributed by atoms with Crippen LogP contribution in [0.15, 0.2) is 29.1 Å². The van der Waals surface area contributed by atoms with Crippen LogP contribution in [-0.2, 0) is 0 Å². The van der Waals surface area contributed by atoms with Crippen LogP contribution in [0.2, 0.25) is 0 Å². The minimum atomic E-state index is -0.309. The average Bonchev–Trinajstić information content (AvgIpc) is 2.28. The lowest BCUT2D eigenvalue weighted by molar-refractivity contribution is 0.628. The molecule has 0 aliphatic carbocycles. The number of rotatable bonds is 2. The monoisotopic (exact) mass is 246 g/mol. The number of aromatic amines is 1. The second kappa shape index (κ2) is 4.72. The number of hydrogen-bond acceptors (Lipinski definition) is 2. The van der Waals surface area contributed by atoms with E-state index < -0.39 is 0 Å². The predicted octanol–water partition coefficient (Wildman–Crippen LogP) is 3.01. The second-order valence-electron chi connectivity index (χ2n) is 4.58. The van der Waals surface area contributed by atoms with Crippen molar-refractivity contribution >= 4 is 0 Å². The maximum absolute atomic E-state index is 12.8. The molecular weight excluding hydrogens is 231 g/mol. The molecule has 0 fully saturated rings. The lowest BCUT2D eigenvalue weighted by atomic mass is 10.0. The zero-order valence-electron chi connectivity index (χ0n) is 10.6. The fraction of sp³-hybridized carbons (Fsp3) is 0.286. The van der Waals surface area contributed by atoms with Crippen molar-refractivity contribution in [1.82, 2.24) is 9.97 Å². The molecule has 0 atom stereocenters. The second-order valence-corrected chi connectivity index (χ2v) is 4.58. The van der Waals surface area contributed by atoms with Gasteiger partial charge in [0.1, 0.15) is 11.6 Å². The van der Waals surface area contributed by atoms with Gasteiger partial charge in [-0.15, -0.1) is 0 Å². The number of nitrogens with one attached hydrogen (secondary N) is 1. The van der Waals surface area contributed by atoms with Crippen molar-refractivity contribution in [3.63, 3.8) is 0 Å². The minimum absolute atomic E-state index is 0.128. The van der Waals surface area contributed by atoms with Crippen LogP contribution in [0.5, 0.6) is 0 Å². The van der Waals surface area contributed by atoms with Gasteiger partial charge in [0, 0.05) is 16.8 Å². The summed E-state index contributed by atoms with van der Waals surface area (Å²) in [4.78, 5) is 19.1. The highest BCUT2D eigenvalue weighted by atomic mass is 19.1. The molecule has 0 aliphatic rings. The van der Waals surface area contributed by atoms with E-state index in [1.807, 2.05) is 20.8 Å². The van der Waals surface area contributed by atoms with Crippen LogP contribution in [-0.4, -0.2) is 9.97 Å². The molecule has 2 rings (SSSR count). The molecule has 0 aliphatic heterocycles. The number of halogens is 1. The summed E-state index contributed by atoms with van der Waals surface area (Å²) in [6.45, 7) is 5.73. The molecule has 0 radical (unpaired) electrons. The summed E-state index contributed by atoms with van der Waals surface area (Å²) < 4.78 is 12.8. The normalized spacial score (nSPS) is 10.9. The van der Waals surface area contributed by atoms with Crippen molar-refractivity contribution in [3.8, 4) is 11.4 Å². The predicted molar refractivity (Wildman–Crippen MR) is 69.1 cm³/mol. The molecular formula is C14H15FN2O. The molecule has 18 heavy (non-hydrogen) atoms. The maximum atomic E-state index is 12.8. The Kier molecular flexibility index (Phi) is 3.28. The summed E-state index contributed by atoms with van der Waals surface area (Å²) in [6.07, 6.45) is 0. The first-order valence-electron chi connectivity index (χ1n) is 5.86. The van der Waals surface area contributed by atoms with Crippen LogP contribution >= 0.6 is 0 Å². The summed E-state index contributed by atoms with van der Waals surface area (Å²) in [5, 5.41) is 0. The number of aryl methyl sites for hydroxylation is 1. The van der Waals surface area contributed by atoms with Crippen LogP contribution in [0.25, 0.3) is 11.4 Å². The van der Waals surface area contributed by atoms with Crippen LogP contribution < -0.4 is 5.56 Å².